The van der Waals surface area contributed by atoms with E-state index in [-0.39, 0.29) is 0 Å². The summed E-state index contributed by atoms with van der Waals surface area (Å²) in [7, 11) is 0. The number of aromatic amines is 1. The topological polar surface area (TPSA) is 59.2 Å². The second-order valence-electron chi connectivity index (χ2n) is 4.63. The molecule has 1 aromatic carbocycles. The summed E-state index contributed by atoms with van der Waals surface area (Å²) in [5.74, 6) is 2.65. The lowest BCUT2D eigenvalue weighted by molar-refractivity contribution is 0.173. The second kappa shape index (κ2) is 6.28. The monoisotopic (exact) mass is 337 g/mol. The van der Waals surface area contributed by atoms with Crippen molar-refractivity contribution < 1.29 is 9.47 Å². The summed E-state index contributed by atoms with van der Waals surface area (Å²) in [6, 6.07) is 4.08. The number of imidazole rings is 1. The van der Waals surface area contributed by atoms with Gasteiger partial charge in [0.25, 0.3) is 0 Å². The quantitative estimate of drug-likeness (QED) is 0.795. The molecular formula is C14H16BrN3O2. The maximum atomic E-state index is 5.40. The van der Waals surface area contributed by atoms with Gasteiger partial charge in [-0.1, -0.05) is 0 Å². The van der Waals surface area contributed by atoms with Crippen molar-refractivity contribution in [1.82, 2.24) is 15.3 Å². The molecule has 0 fully saturated rings. The molecule has 1 aliphatic rings. The lowest BCUT2D eigenvalue weighted by atomic mass is 10.2. The van der Waals surface area contributed by atoms with Crippen LogP contribution in [0.4, 0.5) is 0 Å². The molecule has 0 bridgehead atoms. The molecule has 20 heavy (non-hydrogen) atoms. The van der Waals surface area contributed by atoms with Crippen molar-refractivity contribution in [2.24, 2.45) is 0 Å². The van der Waals surface area contributed by atoms with E-state index in [2.05, 4.69) is 37.3 Å². The first-order chi connectivity index (χ1) is 9.83. The van der Waals surface area contributed by atoms with E-state index in [1.165, 1.54) is 5.56 Å². The highest BCUT2D eigenvalue weighted by atomic mass is 79.9. The van der Waals surface area contributed by atoms with Crippen LogP contribution in [-0.2, 0) is 13.0 Å². The molecule has 2 heterocycles. The Morgan fingerprint density at radius 1 is 1.35 bits per heavy atom. The number of aromatic nitrogens is 2. The Bertz CT molecular complexity index is 572. The summed E-state index contributed by atoms with van der Waals surface area (Å²) in [5, 5.41) is 3.42. The second-order valence-corrected chi connectivity index (χ2v) is 5.48. The number of aryl methyl sites for hydroxylation is 1. The Balaban J connectivity index is 1.46. The first-order valence-electron chi connectivity index (χ1n) is 6.60. The van der Waals surface area contributed by atoms with E-state index in [4.69, 9.17) is 9.47 Å². The molecule has 6 heteroatoms. The van der Waals surface area contributed by atoms with Crippen molar-refractivity contribution in [1.29, 1.82) is 0 Å². The third kappa shape index (κ3) is 3.13. The summed E-state index contributed by atoms with van der Waals surface area (Å²) in [4.78, 5) is 7.31. The van der Waals surface area contributed by atoms with Crippen molar-refractivity contribution in [3.8, 4) is 11.5 Å². The summed E-state index contributed by atoms with van der Waals surface area (Å²) < 4.78 is 11.7. The van der Waals surface area contributed by atoms with Gasteiger partial charge in [0.05, 0.1) is 4.47 Å². The number of benzene rings is 1. The van der Waals surface area contributed by atoms with E-state index in [0.29, 0.717) is 6.79 Å². The molecule has 2 aromatic rings. The minimum absolute atomic E-state index is 0.300. The fraction of sp³-hybridized carbons (Fsp3) is 0.357. The summed E-state index contributed by atoms with van der Waals surface area (Å²) >= 11 is 3.50. The number of H-pyrrole nitrogens is 1. The maximum Gasteiger partial charge on any atom is 0.231 e. The summed E-state index contributed by atoms with van der Waals surface area (Å²) in [6.45, 7) is 2.06. The molecule has 0 atom stereocenters. The average molecular weight is 338 g/mol. The highest BCUT2D eigenvalue weighted by Crippen LogP contribution is 2.39. The van der Waals surface area contributed by atoms with Gasteiger partial charge in [-0.05, 0) is 46.6 Å². The number of fused-ring (bicyclic) bond motifs is 1. The van der Waals surface area contributed by atoms with Crippen LogP contribution >= 0.6 is 15.9 Å². The van der Waals surface area contributed by atoms with Crippen LogP contribution in [0.2, 0.25) is 0 Å². The normalized spacial score (nSPS) is 12.8. The van der Waals surface area contributed by atoms with Gasteiger partial charge in [-0.25, -0.2) is 4.98 Å². The first-order valence-corrected chi connectivity index (χ1v) is 7.39. The van der Waals surface area contributed by atoms with Gasteiger partial charge >= 0.3 is 0 Å². The van der Waals surface area contributed by atoms with Crippen molar-refractivity contribution in [3.05, 3.63) is 40.4 Å². The van der Waals surface area contributed by atoms with Gasteiger partial charge in [0.2, 0.25) is 6.79 Å². The van der Waals surface area contributed by atoms with Crippen LogP contribution < -0.4 is 14.8 Å². The molecular weight excluding hydrogens is 322 g/mol. The SMILES string of the molecule is Brc1cc(CNCCCc2ncc[nH]2)cc2c1OCO2. The van der Waals surface area contributed by atoms with Crippen LogP contribution in [0.15, 0.2) is 29.0 Å². The highest BCUT2D eigenvalue weighted by Gasteiger charge is 2.17. The number of nitrogens with one attached hydrogen (secondary N) is 2. The molecule has 0 unspecified atom stereocenters. The van der Waals surface area contributed by atoms with Gasteiger partial charge < -0.3 is 19.8 Å². The maximum absolute atomic E-state index is 5.40. The van der Waals surface area contributed by atoms with E-state index in [1.807, 2.05) is 12.3 Å². The minimum Gasteiger partial charge on any atom is -0.454 e. The van der Waals surface area contributed by atoms with E-state index < -0.39 is 0 Å². The Hall–Kier alpha value is -1.53. The van der Waals surface area contributed by atoms with Crippen LogP contribution in [0, 0.1) is 0 Å². The molecule has 0 amide bonds. The fourth-order valence-electron chi connectivity index (χ4n) is 2.17. The number of ether oxygens (including phenoxy) is 2. The lowest BCUT2D eigenvalue weighted by Crippen LogP contribution is -2.15. The number of hydrogen-bond acceptors (Lipinski definition) is 4. The van der Waals surface area contributed by atoms with Gasteiger partial charge in [0, 0.05) is 25.4 Å². The van der Waals surface area contributed by atoms with E-state index >= 15 is 0 Å². The number of hydrogen-bond donors (Lipinski definition) is 2. The predicted octanol–water partition coefficient (Wildman–Crippen LogP) is 2.62. The molecule has 0 saturated heterocycles. The summed E-state index contributed by atoms with van der Waals surface area (Å²) in [5.41, 5.74) is 1.18. The molecule has 2 N–H and O–H groups in total. The van der Waals surface area contributed by atoms with E-state index in [9.17, 15) is 0 Å². The van der Waals surface area contributed by atoms with Gasteiger partial charge in [-0.3, -0.25) is 0 Å². The minimum atomic E-state index is 0.300. The van der Waals surface area contributed by atoms with Crippen LogP contribution in [0.1, 0.15) is 17.8 Å². The number of rotatable bonds is 6. The zero-order valence-corrected chi connectivity index (χ0v) is 12.6. The van der Waals surface area contributed by atoms with Crippen molar-refractivity contribution in [2.75, 3.05) is 13.3 Å². The highest BCUT2D eigenvalue weighted by molar-refractivity contribution is 9.10. The Morgan fingerprint density at radius 2 is 2.30 bits per heavy atom. The van der Waals surface area contributed by atoms with Crippen LogP contribution in [-0.4, -0.2) is 23.3 Å². The van der Waals surface area contributed by atoms with Gasteiger partial charge in [-0.15, -0.1) is 0 Å². The van der Waals surface area contributed by atoms with Crippen molar-refractivity contribution >= 4 is 15.9 Å². The standard InChI is InChI=1S/C14H16BrN3O2/c15-11-6-10(7-12-14(11)20-9-19-12)8-16-3-1-2-13-17-4-5-18-13/h4-7,16H,1-3,8-9H2,(H,17,18). The van der Waals surface area contributed by atoms with Crippen LogP contribution in [0.25, 0.3) is 0 Å². The molecule has 0 aliphatic carbocycles. The molecule has 0 radical (unpaired) electrons. The van der Waals surface area contributed by atoms with Gasteiger partial charge in [0.15, 0.2) is 11.5 Å². The molecule has 0 spiro atoms. The molecule has 3 rings (SSSR count). The molecule has 5 nitrogen and oxygen atoms in total. The van der Waals surface area contributed by atoms with Gasteiger partial charge in [-0.2, -0.15) is 0 Å². The molecule has 1 aliphatic heterocycles. The van der Waals surface area contributed by atoms with Crippen molar-refractivity contribution in [2.45, 2.75) is 19.4 Å². The largest absolute Gasteiger partial charge is 0.454 e. The average Bonchev–Trinajstić information content (AvgIpc) is 3.08. The Morgan fingerprint density at radius 3 is 3.15 bits per heavy atom. The van der Waals surface area contributed by atoms with E-state index in [1.54, 1.807) is 6.20 Å². The van der Waals surface area contributed by atoms with Gasteiger partial charge in [0.1, 0.15) is 5.82 Å². The first kappa shape index (κ1) is 13.5. The molecule has 1 aromatic heterocycles. The fourth-order valence-corrected chi connectivity index (χ4v) is 2.77. The zero-order chi connectivity index (χ0) is 13.8. The molecule has 106 valence electrons. The smallest absolute Gasteiger partial charge is 0.231 e. The number of nitrogens with zero attached hydrogens (tertiary/aromatic N) is 1. The predicted molar refractivity (Wildman–Crippen MR) is 78.9 cm³/mol. The summed E-state index contributed by atoms with van der Waals surface area (Å²) in [6.07, 6.45) is 5.66. The molecule has 0 saturated carbocycles. The zero-order valence-electron chi connectivity index (χ0n) is 11.0. The Labute approximate surface area is 125 Å². The van der Waals surface area contributed by atoms with E-state index in [0.717, 1.165) is 47.7 Å². The number of halogens is 1. The Kier molecular flexibility index (Phi) is 4.22. The lowest BCUT2D eigenvalue weighted by Gasteiger charge is -2.07. The van der Waals surface area contributed by atoms with Crippen molar-refractivity contribution in [3.63, 3.8) is 0 Å². The third-order valence-corrected chi connectivity index (χ3v) is 3.73. The third-order valence-electron chi connectivity index (χ3n) is 3.14. The van der Waals surface area contributed by atoms with Crippen LogP contribution in [0.5, 0.6) is 11.5 Å². The van der Waals surface area contributed by atoms with Crippen LogP contribution in [0.3, 0.4) is 0 Å².